The lowest BCUT2D eigenvalue weighted by molar-refractivity contribution is 0.628. The lowest BCUT2D eigenvalue weighted by atomic mass is 10.2. The van der Waals surface area contributed by atoms with Crippen LogP contribution in [0.2, 0.25) is 0 Å². The van der Waals surface area contributed by atoms with E-state index in [4.69, 9.17) is 0 Å². The predicted octanol–water partition coefficient (Wildman–Crippen LogP) is 3.84. The Bertz CT molecular complexity index is 441. The fourth-order valence-electron chi connectivity index (χ4n) is 1.15. The first kappa shape index (κ1) is 9.80. The van der Waals surface area contributed by atoms with Gasteiger partial charge in [0.25, 0.3) is 0 Å². The molecule has 0 aliphatic carbocycles. The molecule has 0 saturated heterocycles. The van der Waals surface area contributed by atoms with Gasteiger partial charge in [0.1, 0.15) is 10.8 Å². The number of halogens is 2. The Labute approximate surface area is 93.7 Å². The normalized spacial score (nSPS) is 10.4. The van der Waals surface area contributed by atoms with Gasteiger partial charge in [-0.05, 0) is 17.7 Å². The molecule has 2 rings (SSSR count). The molecule has 1 nitrogen and oxygen atoms in total. The highest BCUT2D eigenvalue weighted by molar-refractivity contribution is 9.08. The molecule has 0 radical (unpaired) electrons. The maximum absolute atomic E-state index is 12.9. The van der Waals surface area contributed by atoms with Gasteiger partial charge < -0.3 is 0 Å². The Balaban J connectivity index is 2.39. The summed E-state index contributed by atoms with van der Waals surface area (Å²) in [4.78, 5) is 5.19. The third kappa shape index (κ3) is 2.01. The molecule has 0 aliphatic heterocycles. The number of aromatic nitrogens is 1. The number of hydrogen-bond donors (Lipinski definition) is 0. The summed E-state index contributed by atoms with van der Waals surface area (Å²) in [5, 5.41) is 1.75. The molecule has 0 amide bonds. The van der Waals surface area contributed by atoms with E-state index in [0.29, 0.717) is 0 Å². The molecule has 2 aromatic rings. The highest BCUT2D eigenvalue weighted by Gasteiger charge is 2.03. The minimum Gasteiger partial charge on any atom is -0.248 e. The minimum atomic E-state index is -0.212. The maximum Gasteiger partial charge on any atom is 0.123 e. The molecule has 1 aromatic heterocycles. The van der Waals surface area contributed by atoms with Crippen LogP contribution < -0.4 is 0 Å². The van der Waals surface area contributed by atoms with Gasteiger partial charge in [0.2, 0.25) is 0 Å². The molecular formula is C10H7BrFNS. The van der Waals surface area contributed by atoms with Crippen LogP contribution in [0.4, 0.5) is 4.39 Å². The zero-order valence-corrected chi connectivity index (χ0v) is 9.61. The second-order valence-electron chi connectivity index (χ2n) is 2.76. The number of alkyl halides is 1. The Morgan fingerprint density at radius 2 is 2.29 bits per heavy atom. The number of rotatable bonds is 2. The van der Waals surface area contributed by atoms with E-state index in [0.717, 1.165) is 20.8 Å². The third-order valence-electron chi connectivity index (χ3n) is 1.78. The van der Waals surface area contributed by atoms with Crippen molar-refractivity contribution in [2.45, 2.75) is 5.33 Å². The molecule has 72 valence electrons. The molecule has 0 N–H and O–H groups in total. The molecule has 14 heavy (non-hydrogen) atoms. The highest BCUT2D eigenvalue weighted by Crippen LogP contribution is 2.27. The van der Waals surface area contributed by atoms with Crippen molar-refractivity contribution in [1.82, 2.24) is 4.98 Å². The topological polar surface area (TPSA) is 12.9 Å². The number of thiazole rings is 1. The van der Waals surface area contributed by atoms with E-state index in [-0.39, 0.29) is 5.82 Å². The van der Waals surface area contributed by atoms with Gasteiger partial charge in [-0.15, -0.1) is 11.3 Å². The van der Waals surface area contributed by atoms with Crippen molar-refractivity contribution in [3.63, 3.8) is 0 Å². The zero-order chi connectivity index (χ0) is 9.97. The first-order chi connectivity index (χ1) is 6.79. The maximum atomic E-state index is 12.9. The van der Waals surface area contributed by atoms with Crippen molar-refractivity contribution in [2.24, 2.45) is 0 Å². The summed E-state index contributed by atoms with van der Waals surface area (Å²) in [7, 11) is 0. The van der Waals surface area contributed by atoms with Gasteiger partial charge in [-0.25, -0.2) is 9.37 Å². The van der Waals surface area contributed by atoms with Gasteiger partial charge in [-0.3, -0.25) is 0 Å². The molecule has 4 heteroatoms. The van der Waals surface area contributed by atoms with Crippen molar-refractivity contribution >= 4 is 27.3 Å². The molecule has 1 aromatic carbocycles. The molecule has 0 spiro atoms. The van der Waals surface area contributed by atoms with Crippen LogP contribution in [0, 0.1) is 5.82 Å². The lowest BCUT2D eigenvalue weighted by Crippen LogP contribution is -1.74. The SMILES string of the molecule is Fc1cccc(-c2cnc(CBr)s2)c1. The number of hydrogen-bond acceptors (Lipinski definition) is 2. The van der Waals surface area contributed by atoms with Crippen LogP contribution in [0.3, 0.4) is 0 Å². The number of benzene rings is 1. The van der Waals surface area contributed by atoms with Crippen LogP contribution in [0.15, 0.2) is 30.5 Å². The standard InChI is InChI=1S/C10H7BrFNS/c11-5-10-13-6-9(14-10)7-2-1-3-8(12)4-7/h1-4,6H,5H2. The van der Waals surface area contributed by atoms with Crippen LogP contribution in [-0.4, -0.2) is 4.98 Å². The van der Waals surface area contributed by atoms with Crippen LogP contribution in [0.1, 0.15) is 5.01 Å². The van der Waals surface area contributed by atoms with E-state index < -0.39 is 0 Å². The Morgan fingerprint density at radius 1 is 1.43 bits per heavy atom. The number of nitrogens with zero attached hydrogens (tertiary/aromatic N) is 1. The van der Waals surface area contributed by atoms with Crippen LogP contribution in [-0.2, 0) is 5.33 Å². The molecule has 1 heterocycles. The van der Waals surface area contributed by atoms with Gasteiger partial charge in [0.15, 0.2) is 0 Å². The Hall–Kier alpha value is -0.740. The summed E-state index contributed by atoms with van der Waals surface area (Å²) >= 11 is 4.90. The molecular weight excluding hydrogens is 265 g/mol. The molecule has 0 atom stereocenters. The van der Waals surface area contributed by atoms with Gasteiger partial charge in [0, 0.05) is 6.20 Å². The van der Waals surface area contributed by atoms with Gasteiger partial charge in [0.05, 0.1) is 10.2 Å². The van der Waals surface area contributed by atoms with Gasteiger partial charge in [-0.1, -0.05) is 28.1 Å². The fraction of sp³-hybridized carbons (Fsp3) is 0.100. The van der Waals surface area contributed by atoms with Crippen molar-refractivity contribution in [2.75, 3.05) is 0 Å². The van der Waals surface area contributed by atoms with E-state index in [1.54, 1.807) is 23.6 Å². The van der Waals surface area contributed by atoms with Crippen LogP contribution >= 0.6 is 27.3 Å². The summed E-state index contributed by atoms with van der Waals surface area (Å²) in [6, 6.07) is 6.55. The Kier molecular flexibility index (Phi) is 2.93. The van der Waals surface area contributed by atoms with E-state index in [9.17, 15) is 4.39 Å². The average molecular weight is 272 g/mol. The summed E-state index contributed by atoms with van der Waals surface area (Å²) in [5.41, 5.74) is 0.884. The first-order valence-electron chi connectivity index (χ1n) is 4.06. The summed E-state index contributed by atoms with van der Waals surface area (Å²) in [6.45, 7) is 0. The zero-order valence-electron chi connectivity index (χ0n) is 7.21. The quantitative estimate of drug-likeness (QED) is 0.757. The molecule has 0 saturated carbocycles. The molecule has 0 aliphatic rings. The summed E-state index contributed by atoms with van der Waals surface area (Å²) < 4.78 is 12.9. The van der Waals surface area contributed by atoms with Crippen LogP contribution in [0.25, 0.3) is 10.4 Å². The molecule has 0 unspecified atom stereocenters. The highest BCUT2D eigenvalue weighted by atomic mass is 79.9. The second kappa shape index (κ2) is 4.19. The van der Waals surface area contributed by atoms with E-state index >= 15 is 0 Å². The summed E-state index contributed by atoms with van der Waals surface area (Å²) in [6.07, 6.45) is 1.77. The smallest absolute Gasteiger partial charge is 0.123 e. The summed E-state index contributed by atoms with van der Waals surface area (Å²) in [5.74, 6) is -0.212. The van der Waals surface area contributed by atoms with Crippen molar-refractivity contribution in [3.05, 3.63) is 41.3 Å². The van der Waals surface area contributed by atoms with Gasteiger partial charge in [-0.2, -0.15) is 0 Å². The molecule has 0 bridgehead atoms. The second-order valence-corrected chi connectivity index (χ2v) is 4.44. The van der Waals surface area contributed by atoms with Crippen molar-refractivity contribution < 1.29 is 4.39 Å². The lowest BCUT2D eigenvalue weighted by Gasteiger charge is -1.95. The fourth-order valence-corrected chi connectivity index (χ4v) is 2.40. The van der Waals surface area contributed by atoms with E-state index in [1.807, 2.05) is 6.07 Å². The molecule has 0 fully saturated rings. The third-order valence-corrected chi connectivity index (χ3v) is 3.73. The average Bonchev–Trinajstić information content (AvgIpc) is 2.66. The van der Waals surface area contributed by atoms with E-state index in [1.165, 1.54) is 12.1 Å². The largest absolute Gasteiger partial charge is 0.248 e. The van der Waals surface area contributed by atoms with Gasteiger partial charge >= 0.3 is 0 Å². The van der Waals surface area contributed by atoms with Crippen molar-refractivity contribution in [3.8, 4) is 10.4 Å². The van der Waals surface area contributed by atoms with Crippen LogP contribution in [0.5, 0.6) is 0 Å². The first-order valence-corrected chi connectivity index (χ1v) is 6.00. The van der Waals surface area contributed by atoms with Crippen molar-refractivity contribution in [1.29, 1.82) is 0 Å². The van der Waals surface area contributed by atoms with E-state index in [2.05, 4.69) is 20.9 Å². The predicted molar refractivity (Wildman–Crippen MR) is 60.1 cm³/mol. The monoisotopic (exact) mass is 271 g/mol. The Morgan fingerprint density at radius 3 is 2.93 bits per heavy atom. The minimum absolute atomic E-state index is 0.212.